The number of halogens is 1. The predicted molar refractivity (Wildman–Crippen MR) is 77.5 cm³/mol. The topological polar surface area (TPSA) is 40.6 Å². The van der Waals surface area contributed by atoms with E-state index in [2.05, 4.69) is 0 Å². The second-order valence-electron chi connectivity index (χ2n) is 5.03. The number of amides is 2. The minimum absolute atomic E-state index is 0.237. The summed E-state index contributed by atoms with van der Waals surface area (Å²) >= 11 is 5.83. The minimum atomic E-state index is -0.280. The number of imide groups is 1. The van der Waals surface area contributed by atoms with Gasteiger partial charge in [0.05, 0.1) is 5.69 Å². The van der Waals surface area contributed by atoms with Gasteiger partial charge in [-0.25, -0.2) is 4.90 Å². The predicted octanol–water partition coefficient (Wildman–Crippen LogP) is 2.58. The Bertz CT molecular complexity index is 574. The van der Waals surface area contributed by atoms with Crippen LogP contribution in [0.4, 0.5) is 5.69 Å². The fourth-order valence-corrected chi connectivity index (χ4v) is 2.78. The Morgan fingerprint density at radius 2 is 1.60 bits per heavy atom. The van der Waals surface area contributed by atoms with Crippen molar-refractivity contribution in [3.63, 3.8) is 0 Å². The van der Waals surface area contributed by atoms with Crippen molar-refractivity contribution in [1.82, 2.24) is 4.90 Å². The van der Waals surface area contributed by atoms with Gasteiger partial charge in [-0.1, -0.05) is 11.6 Å². The lowest BCUT2D eigenvalue weighted by Gasteiger charge is -2.29. The molecule has 0 radical (unpaired) electrons. The van der Waals surface area contributed by atoms with Gasteiger partial charge >= 0.3 is 0 Å². The highest BCUT2D eigenvalue weighted by Crippen LogP contribution is 2.27. The quantitative estimate of drug-likeness (QED) is 0.786. The van der Waals surface area contributed by atoms with Crippen LogP contribution >= 0.6 is 11.6 Å². The maximum absolute atomic E-state index is 12.5. The lowest BCUT2D eigenvalue weighted by molar-refractivity contribution is -0.121. The van der Waals surface area contributed by atoms with Gasteiger partial charge in [0.2, 0.25) is 0 Å². The third-order valence-corrected chi connectivity index (χ3v) is 3.94. The zero-order valence-corrected chi connectivity index (χ0v) is 11.8. The van der Waals surface area contributed by atoms with Crippen molar-refractivity contribution in [2.45, 2.75) is 19.3 Å². The molecule has 3 rings (SSSR count). The number of benzene rings is 1. The zero-order chi connectivity index (χ0) is 14.1. The van der Waals surface area contributed by atoms with Crippen molar-refractivity contribution in [1.29, 1.82) is 0 Å². The maximum Gasteiger partial charge on any atom is 0.281 e. The molecule has 1 aromatic rings. The number of anilines is 1. The molecule has 0 saturated carbocycles. The third kappa shape index (κ3) is 2.31. The summed E-state index contributed by atoms with van der Waals surface area (Å²) < 4.78 is 0. The van der Waals surface area contributed by atoms with E-state index in [4.69, 9.17) is 11.6 Å². The third-order valence-electron chi connectivity index (χ3n) is 3.68. The van der Waals surface area contributed by atoms with Crippen LogP contribution in [0.5, 0.6) is 0 Å². The second-order valence-corrected chi connectivity index (χ2v) is 5.47. The van der Waals surface area contributed by atoms with Crippen molar-refractivity contribution in [2.24, 2.45) is 0 Å². The van der Waals surface area contributed by atoms with Crippen LogP contribution < -0.4 is 4.90 Å². The Morgan fingerprint density at radius 3 is 2.25 bits per heavy atom. The Hall–Kier alpha value is -1.81. The SMILES string of the molecule is O=C1C=C(N2CCCCC2)C(=O)N1c1ccc(Cl)cc1. The summed E-state index contributed by atoms with van der Waals surface area (Å²) in [4.78, 5) is 27.8. The fraction of sp³-hybridized carbons (Fsp3) is 0.333. The molecule has 0 atom stereocenters. The molecule has 104 valence electrons. The van der Waals surface area contributed by atoms with Crippen molar-refractivity contribution >= 4 is 29.1 Å². The minimum Gasteiger partial charge on any atom is -0.367 e. The molecule has 2 heterocycles. The van der Waals surface area contributed by atoms with Crippen LogP contribution in [-0.4, -0.2) is 29.8 Å². The van der Waals surface area contributed by atoms with Crippen molar-refractivity contribution in [2.75, 3.05) is 18.0 Å². The summed E-state index contributed by atoms with van der Waals surface area (Å²) in [5, 5.41) is 0.581. The first-order chi connectivity index (χ1) is 9.66. The van der Waals surface area contributed by atoms with Gasteiger partial charge in [0.25, 0.3) is 11.8 Å². The molecule has 2 aliphatic rings. The Morgan fingerprint density at radius 1 is 0.950 bits per heavy atom. The van der Waals surface area contributed by atoms with Gasteiger partial charge < -0.3 is 4.90 Å². The molecular formula is C15H15ClN2O2. The largest absolute Gasteiger partial charge is 0.367 e. The van der Waals surface area contributed by atoms with E-state index >= 15 is 0 Å². The number of piperidine rings is 1. The number of carbonyl (C=O) groups is 2. The van der Waals surface area contributed by atoms with Crippen LogP contribution in [-0.2, 0) is 9.59 Å². The number of hydrogen-bond acceptors (Lipinski definition) is 3. The summed E-state index contributed by atoms with van der Waals surface area (Å²) in [6.45, 7) is 1.69. The van der Waals surface area contributed by atoms with Gasteiger partial charge in [0.15, 0.2) is 0 Å². The average Bonchev–Trinajstić information content (AvgIpc) is 2.76. The summed E-state index contributed by atoms with van der Waals surface area (Å²) in [5.41, 5.74) is 1.08. The van der Waals surface area contributed by atoms with Crippen LogP contribution in [0, 0.1) is 0 Å². The van der Waals surface area contributed by atoms with Gasteiger partial charge in [-0.3, -0.25) is 9.59 Å². The van der Waals surface area contributed by atoms with Gasteiger partial charge in [-0.15, -0.1) is 0 Å². The molecule has 0 unspecified atom stereocenters. The maximum atomic E-state index is 12.5. The molecule has 0 aliphatic carbocycles. The molecule has 1 fully saturated rings. The van der Waals surface area contributed by atoms with E-state index in [0.717, 1.165) is 25.9 Å². The smallest absolute Gasteiger partial charge is 0.281 e. The highest BCUT2D eigenvalue weighted by molar-refractivity contribution is 6.32. The molecule has 4 nitrogen and oxygen atoms in total. The number of hydrogen-bond donors (Lipinski definition) is 0. The van der Waals surface area contributed by atoms with Crippen LogP contribution in [0.3, 0.4) is 0 Å². The van der Waals surface area contributed by atoms with Crippen LogP contribution in [0.2, 0.25) is 5.02 Å². The molecular weight excluding hydrogens is 276 g/mol. The normalized spacial score (nSPS) is 19.6. The molecule has 1 saturated heterocycles. The summed E-state index contributed by atoms with van der Waals surface area (Å²) in [7, 11) is 0. The number of carbonyl (C=O) groups excluding carboxylic acids is 2. The van der Waals surface area contributed by atoms with Crippen molar-refractivity contribution < 1.29 is 9.59 Å². The number of rotatable bonds is 2. The van der Waals surface area contributed by atoms with E-state index in [1.807, 2.05) is 4.90 Å². The highest BCUT2D eigenvalue weighted by Gasteiger charge is 2.35. The van der Waals surface area contributed by atoms with Crippen LogP contribution in [0.15, 0.2) is 36.0 Å². The molecule has 20 heavy (non-hydrogen) atoms. The van der Waals surface area contributed by atoms with E-state index in [9.17, 15) is 9.59 Å². The van der Waals surface area contributed by atoms with Gasteiger partial charge in [-0.2, -0.15) is 0 Å². The van der Waals surface area contributed by atoms with Crippen LogP contribution in [0.25, 0.3) is 0 Å². The molecule has 5 heteroatoms. The highest BCUT2D eigenvalue weighted by atomic mass is 35.5. The van der Waals surface area contributed by atoms with Gasteiger partial charge in [0.1, 0.15) is 5.70 Å². The van der Waals surface area contributed by atoms with E-state index in [1.165, 1.54) is 17.4 Å². The lowest BCUT2D eigenvalue weighted by Crippen LogP contribution is -2.37. The van der Waals surface area contributed by atoms with Crippen molar-refractivity contribution in [3.8, 4) is 0 Å². The van der Waals surface area contributed by atoms with Gasteiger partial charge in [0, 0.05) is 24.2 Å². The first kappa shape index (κ1) is 13.2. The Kier molecular flexibility index (Phi) is 3.49. The molecule has 0 spiro atoms. The number of nitrogens with zero attached hydrogens (tertiary/aromatic N) is 2. The van der Waals surface area contributed by atoms with E-state index in [-0.39, 0.29) is 11.8 Å². The fourth-order valence-electron chi connectivity index (χ4n) is 2.65. The lowest BCUT2D eigenvalue weighted by atomic mass is 10.1. The Balaban J connectivity index is 1.84. The first-order valence-electron chi connectivity index (χ1n) is 6.77. The molecule has 0 bridgehead atoms. The number of likely N-dealkylation sites (tertiary alicyclic amines) is 1. The van der Waals surface area contributed by atoms with Gasteiger partial charge in [-0.05, 0) is 43.5 Å². The van der Waals surface area contributed by atoms with Crippen LogP contribution in [0.1, 0.15) is 19.3 Å². The summed E-state index contributed by atoms with van der Waals surface area (Å²) in [6.07, 6.45) is 4.77. The zero-order valence-electron chi connectivity index (χ0n) is 11.0. The first-order valence-corrected chi connectivity index (χ1v) is 7.15. The van der Waals surface area contributed by atoms with Crippen molar-refractivity contribution in [3.05, 3.63) is 41.1 Å². The molecule has 0 aromatic heterocycles. The molecule has 2 aliphatic heterocycles. The van der Waals surface area contributed by atoms with E-state index < -0.39 is 0 Å². The molecule has 2 amide bonds. The monoisotopic (exact) mass is 290 g/mol. The second kappa shape index (κ2) is 5.29. The molecule has 0 N–H and O–H groups in total. The summed E-state index contributed by atoms with van der Waals surface area (Å²) in [6, 6.07) is 6.73. The molecule has 1 aromatic carbocycles. The van der Waals surface area contributed by atoms with E-state index in [0.29, 0.717) is 16.4 Å². The standard InChI is InChI=1S/C15H15ClN2O2/c16-11-4-6-12(7-5-11)18-14(19)10-13(15(18)20)17-8-2-1-3-9-17/h4-7,10H,1-3,8-9H2. The van der Waals surface area contributed by atoms with E-state index in [1.54, 1.807) is 24.3 Å². The summed E-state index contributed by atoms with van der Waals surface area (Å²) in [5.74, 6) is -0.517. The average molecular weight is 291 g/mol. The Labute approximate surface area is 122 Å².